The number of halogens is 1. The number of hydrogen-bond donors (Lipinski definition) is 1. The van der Waals surface area contributed by atoms with E-state index in [-0.39, 0.29) is 12.5 Å². The fraction of sp³-hybridized carbons (Fsp3) is 0.263. The fourth-order valence-electron chi connectivity index (χ4n) is 4.16. The maximum absolute atomic E-state index is 13.4. The van der Waals surface area contributed by atoms with Crippen LogP contribution in [0.15, 0.2) is 30.3 Å². The van der Waals surface area contributed by atoms with Crippen molar-refractivity contribution in [2.24, 2.45) is 0 Å². The predicted octanol–water partition coefficient (Wildman–Crippen LogP) is 2.38. The molecule has 3 heterocycles. The van der Waals surface area contributed by atoms with Crippen molar-refractivity contribution in [3.05, 3.63) is 52.0 Å². The number of anilines is 1. The van der Waals surface area contributed by atoms with Crippen molar-refractivity contribution in [1.29, 1.82) is 0 Å². The number of amides is 1. The van der Waals surface area contributed by atoms with E-state index in [1.54, 1.807) is 18.2 Å². The SMILES string of the molecule is O=C(O)CN1C(=O)C2(COc3cc4c(cc32)CCO4)c2cc(Cl)ccc21. The Morgan fingerprint density at radius 2 is 2.04 bits per heavy atom. The van der Waals surface area contributed by atoms with E-state index in [1.165, 1.54) is 4.90 Å². The Balaban J connectivity index is 1.75. The summed E-state index contributed by atoms with van der Waals surface area (Å²) < 4.78 is 11.5. The zero-order valence-electron chi connectivity index (χ0n) is 13.6. The highest BCUT2D eigenvalue weighted by molar-refractivity contribution is 6.31. The molecule has 1 unspecified atom stereocenters. The summed E-state index contributed by atoms with van der Waals surface area (Å²) in [6.45, 7) is 0.318. The molecule has 0 fully saturated rings. The number of hydrogen-bond acceptors (Lipinski definition) is 4. The van der Waals surface area contributed by atoms with Crippen molar-refractivity contribution >= 4 is 29.2 Å². The molecule has 132 valence electrons. The smallest absolute Gasteiger partial charge is 0.323 e. The summed E-state index contributed by atoms with van der Waals surface area (Å²) in [6.07, 6.45) is 0.772. The molecule has 0 bridgehead atoms. The van der Waals surface area contributed by atoms with Gasteiger partial charge < -0.3 is 14.6 Å². The van der Waals surface area contributed by atoms with E-state index in [4.69, 9.17) is 21.1 Å². The third-order valence-corrected chi connectivity index (χ3v) is 5.54. The minimum atomic E-state index is -1.07. The van der Waals surface area contributed by atoms with Crippen LogP contribution in [0.3, 0.4) is 0 Å². The number of benzene rings is 2. The highest BCUT2D eigenvalue weighted by Gasteiger charge is 2.57. The van der Waals surface area contributed by atoms with Crippen molar-refractivity contribution in [2.45, 2.75) is 11.8 Å². The first-order chi connectivity index (χ1) is 12.5. The van der Waals surface area contributed by atoms with Gasteiger partial charge in [-0.3, -0.25) is 14.5 Å². The van der Waals surface area contributed by atoms with Crippen LogP contribution < -0.4 is 14.4 Å². The Morgan fingerprint density at radius 1 is 1.19 bits per heavy atom. The molecule has 0 saturated carbocycles. The second-order valence-electron chi connectivity index (χ2n) is 6.70. The number of carbonyl (C=O) groups is 2. The number of rotatable bonds is 2. The second-order valence-corrected chi connectivity index (χ2v) is 7.13. The summed E-state index contributed by atoms with van der Waals surface area (Å²) in [5, 5.41) is 9.75. The lowest BCUT2D eigenvalue weighted by molar-refractivity contribution is -0.137. The van der Waals surface area contributed by atoms with Crippen LogP contribution in [-0.4, -0.2) is 36.7 Å². The first-order valence-electron chi connectivity index (χ1n) is 8.27. The first-order valence-corrected chi connectivity index (χ1v) is 8.65. The highest BCUT2D eigenvalue weighted by Crippen LogP contribution is 2.54. The number of carboxylic acid groups (broad SMARTS) is 1. The van der Waals surface area contributed by atoms with Crippen LogP contribution in [0.1, 0.15) is 16.7 Å². The van der Waals surface area contributed by atoms with Crippen LogP contribution in [0.5, 0.6) is 11.5 Å². The van der Waals surface area contributed by atoms with Crippen LogP contribution in [0.2, 0.25) is 5.02 Å². The Morgan fingerprint density at radius 3 is 2.85 bits per heavy atom. The normalized spacial score (nSPS) is 22.0. The van der Waals surface area contributed by atoms with Crippen LogP contribution in [0.4, 0.5) is 5.69 Å². The summed E-state index contributed by atoms with van der Waals surface area (Å²) in [5.74, 6) is 0.00892. The maximum Gasteiger partial charge on any atom is 0.323 e. The summed E-state index contributed by atoms with van der Waals surface area (Å²) in [4.78, 5) is 26.0. The Hall–Kier alpha value is -2.73. The van der Waals surface area contributed by atoms with Crippen molar-refractivity contribution in [1.82, 2.24) is 0 Å². The van der Waals surface area contributed by atoms with E-state index in [2.05, 4.69) is 0 Å². The number of nitrogens with zero attached hydrogens (tertiary/aromatic N) is 1. The van der Waals surface area contributed by atoms with Gasteiger partial charge in [0.25, 0.3) is 0 Å². The molecule has 0 saturated heterocycles. The molecule has 6 nitrogen and oxygen atoms in total. The van der Waals surface area contributed by atoms with Gasteiger partial charge >= 0.3 is 5.97 Å². The van der Waals surface area contributed by atoms with Gasteiger partial charge in [-0.1, -0.05) is 11.6 Å². The number of aliphatic carboxylic acids is 1. The van der Waals surface area contributed by atoms with Crippen LogP contribution in [-0.2, 0) is 21.4 Å². The van der Waals surface area contributed by atoms with Gasteiger partial charge in [-0.15, -0.1) is 0 Å². The van der Waals surface area contributed by atoms with Gasteiger partial charge in [0.2, 0.25) is 5.91 Å². The molecular weight excluding hydrogens is 358 g/mol. The van der Waals surface area contributed by atoms with Crippen molar-refractivity contribution in [3.63, 3.8) is 0 Å². The van der Waals surface area contributed by atoms with E-state index >= 15 is 0 Å². The zero-order chi connectivity index (χ0) is 18.1. The van der Waals surface area contributed by atoms with Gasteiger partial charge in [-0.25, -0.2) is 0 Å². The lowest BCUT2D eigenvalue weighted by Crippen LogP contribution is -2.44. The molecule has 1 spiro atoms. The fourth-order valence-corrected chi connectivity index (χ4v) is 4.33. The van der Waals surface area contributed by atoms with Crippen LogP contribution in [0.25, 0.3) is 0 Å². The van der Waals surface area contributed by atoms with E-state index in [9.17, 15) is 14.7 Å². The van der Waals surface area contributed by atoms with Gasteiger partial charge in [0, 0.05) is 34.3 Å². The molecule has 26 heavy (non-hydrogen) atoms. The van der Waals surface area contributed by atoms with Gasteiger partial charge in [0.15, 0.2) is 0 Å². The Kier molecular flexibility index (Phi) is 3.07. The number of carboxylic acids is 1. The third-order valence-electron chi connectivity index (χ3n) is 5.31. The zero-order valence-corrected chi connectivity index (χ0v) is 14.4. The molecule has 2 aromatic rings. The lowest BCUT2D eigenvalue weighted by Gasteiger charge is -2.22. The van der Waals surface area contributed by atoms with Crippen molar-refractivity contribution in [3.8, 4) is 11.5 Å². The van der Waals surface area contributed by atoms with E-state index < -0.39 is 17.9 Å². The minimum Gasteiger partial charge on any atom is -0.493 e. The van der Waals surface area contributed by atoms with Gasteiger partial charge in [-0.2, -0.15) is 0 Å². The Labute approximate surface area is 153 Å². The number of fused-ring (bicyclic) bond motifs is 5. The molecular formula is C19H14ClNO5. The predicted molar refractivity (Wildman–Crippen MR) is 93.4 cm³/mol. The number of ether oxygens (including phenoxy) is 2. The molecule has 1 atom stereocenters. The molecule has 0 radical (unpaired) electrons. The average Bonchev–Trinajstić information content (AvgIpc) is 3.26. The van der Waals surface area contributed by atoms with Gasteiger partial charge in [0.05, 0.1) is 6.61 Å². The molecule has 3 aliphatic heterocycles. The third kappa shape index (κ3) is 1.88. The maximum atomic E-state index is 13.4. The van der Waals surface area contributed by atoms with Crippen molar-refractivity contribution < 1.29 is 24.2 Å². The second kappa shape index (κ2) is 5.14. The molecule has 3 aliphatic rings. The lowest BCUT2D eigenvalue weighted by atomic mass is 9.76. The van der Waals surface area contributed by atoms with E-state index in [1.807, 2.05) is 12.1 Å². The topological polar surface area (TPSA) is 76.1 Å². The number of carbonyl (C=O) groups excluding carboxylic acids is 1. The summed E-state index contributed by atoms with van der Waals surface area (Å²) >= 11 is 6.20. The summed E-state index contributed by atoms with van der Waals surface area (Å²) in [5.41, 5.74) is 1.97. The van der Waals surface area contributed by atoms with Crippen LogP contribution in [0, 0.1) is 0 Å². The van der Waals surface area contributed by atoms with E-state index in [0.717, 1.165) is 23.3 Å². The Bertz CT molecular complexity index is 988. The quantitative estimate of drug-likeness (QED) is 0.877. The molecule has 1 N–H and O–H groups in total. The molecule has 1 amide bonds. The first kappa shape index (κ1) is 15.5. The van der Waals surface area contributed by atoms with Crippen molar-refractivity contribution in [2.75, 3.05) is 24.7 Å². The molecule has 5 rings (SSSR count). The molecule has 0 aliphatic carbocycles. The van der Waals surface area contributed by atoms with E-state index in [0.29, 0.717) is 28.6 Å². The largest absolute Gasteiger partial charge is 0.493 e. The highest BCUT2D eigenvalue weighted by atomic mass is 35.5. The molecule has 7 heteroatoms. The monoisotopic (exact) mass is 371 g/mol. The molecule has 2 aromatic carbocycles. The van der Waals surface area contributed by atoms with Gasteiger partial charge in [0.1, 0.15) is 30.1 Å². The van der Waals surface area contributed by atoms with Crippen LogP contribution >= 0.6 is 11.6 Å². The van der Waals surface area contributed by atoms with Gasteiger partial charge in [-0.05, 0) is 29.8 Å². The summed E-state index contributed by atoms with van der Waals surface area (Å²) in [6, 6.07) is 8.87. The minimum absolute atomic E-state index is 0.119. The summed E-state index contributed by atoms with van der Waals surface area (Å²) in [7, 11) is 0. The standard InChI is InChI=1S/C19H14ClNO5/c20-11-1-2-14-12(6-11)19(18(24)21(14)8-17(22)23)9-26-16-7-15-10(3-4-25-15)5-13(16)19/h1-2,5-7H,3-4,8-9H2,(H,22,23). The average molecular weight is 372 g/mol. The molecule has 0 aromatic heterocycles.